The van der Waals surface area contributed by atoms with Gasteiger partial charge >= 0.3 is 0 Å². The number of carbonyl (C=O) groups excluding carboxylic acids is 1. The van der Waals surface area contributed by atoms with E-state index in [2.05, 4.69) is 9.88 Å². The molecule has 196 valence electrons. The number of aliphatic hydroxyl groups is 1. The first kappa shape index (κ1) is 27.2. The Labute approximate surface area is 206 Å². The van der Waals surface area contributed by atoms with Gasteiger partial charge in [0.25, 0.3) is 18.9 Å². The van der Waals surface area contributed by atoms with E-state index in [1.165, 1.54) is 18.3 Å². The summed E-state index contributed by atoms with van der Waals surface area (Å²) >= 11 is 0. The number of nitrogens with one attached hydrogen (secondary N) is 1. The summed E-state index contributed by atoms with van der Waals surface area (Å²) in [5, 5.41) is 24.7. The molecule has 11 nitrogen and oxygen atoms in total. The van der Waals surface area contributed by atoms with Gasteiger partial charge in [0.05, 0.1) is 19.3 Å². The van der Waals surface area contributed by atoms with Gasteiger partial charge in [0, 0.05) is 49.3 Å². The molecular formula is C24H30FN3O8. The zero-order chi connectivity index (χ0) is 26.2. The third kappa shape index (κ3) is 6.07. The van der Waals surface area contributed by atoms with E-state index in [9.17, 15) is 19.1 Å². The van der Waals surface area contributed by atoms with Gasteiger partial charge in [-0.2, -0.15) is 0 Å². The fraction of sp³-hybridized carbons (Fsp3) is 0.500. The lowest BCUT2D eigenvalue weighted by Gasteiger charge is -2.43. The van der Waals surface area contributed by atoms with Gasteiger partial charge in [-0.15, -0.1) is 0 Å². The number of aromatic nitrogens is 1. The van der Waals surface area contributed by atoms with Gasteiger partial charge in [0.1, 0.15) is 11.4 Å². The van der Waals surface area contributed by atoms with Gasteiger partial charge < -0.3 is 29.9 Å². The normalized spacial score (nSPS) is 25.6. The molecule has 3 heterocycles. The Morgan fingerprint density at radius 3 is 2.33 bits per heavy atom. The Balaban J connectivity index is 0.000000550. The van der Waals surface area contributed by atoms with Crippen molar-refractivity contribution in [1.82, 2.24) is 14.8 Å². The molecule has 2 saturated heterocycles. The number of aliphatic hydroxyl groups excluding tert-OH is 1. The fourth-order valence-electron chi connectivity index (χ4n) is 5.39. The number of amides is 1. The van der Waals surface area contributed by atoms with Crippen LogP contribution in [0.3, 0.4) is 0 Å². The van der Waals surface area contributed by atoms with Crippen LogP contribution in [0.1, 0.15) is 23.2 Å². The van der Waals surface area contributed by atoms with Crippen molar-refractivity contribution in [3.63, 3.8) is 0 Å². The van der Waals surface area contributed by atoms with Gasteiger partial charge in [0.15, 0.2) is 0 Å². The molecule has 0 bridgehead atoms. The summed E-state index contributed by atoms with van der Waals surface area (Å²) in [5.74, 6) is -0.289. The van der Waals surface area contributed by atoms with Crippen LogP contribution in [0.2, 0.25) is 0 Å². The molecule has 2 aromatic rings. The van der Waals surface area contributed by atoms with Gasteiger partial charge in [0.2, 0.25) is 5.43 Å². The highest BCUT2D eigenvalue weighted by Gasteiger charge is 2.45. The van der Waals surface area contributed by atoms with Crippen molar-refractivity contribution in [2.24, 2.45) is 11.8 Å². The Morgan fingerprint density at radius 2 is 1.69 bits per heavy atom. The number of pyridine rings is 1. The van der Waals surface area contributed by atoms with E-state index in [0.717, 1.165) is 25.6 Å². The summed E-state index contributed by atoms with van der Waals surface area (Å²) < 4.78 is 19.0. The number of benzene rings is 1. The molecule has 1 saturated carbocycles. The first-order chi connectivity index (χ1) is 17.3. The van der Waals surface area contributed by atoms with E-state index >= 15 is 0 Å². The second-order valence-corrected chi connectivity index (χ2v) is 8.92. The number of carbonyl (C=O) groups is 3. The maximum absolute atomic E-state index is 13.6. The highest BCUT2D eigenvalue weighted by atomic mass is 19.1. The maximum atomic E-state index is 13.6. The van der Waals surface area contributed by atoms with Crippen LogP contribution in [-0.2, 0) is 14.3 Å². The average Bonchev–Trinajstić information content (AvgIpc) is 3.28. The van der Waals surface area contributed by atoms with Crippen molar-refractivity contribution in [3.8, 4) is 0 Å². The summed E-state index contributed by atoms with van der Waals surface area (Å²) in [6.07, 6.45) is 2.52. The van der Waals surface area contributed by atoms with Gasteiger partial charge in [-0.25, -0.2) is 4.39 Å². The smallest absolute Gasteiger partial charge is 0.290 e. The van der Waals surface area contributed by atoms with Crippen molar-refractivity contribution in [2.45, 2.75) is 25.0 Å². The van der Waals surface area contributed by atoms with Crippen LogP contribution in [0, 0.1) is 17.7 Å². The van der Waals surface area contributed by atoms with Crippen molar-refractivity contribution in [3.05, 3.63) is 46.0 Å². The molecule has 0 unspecified atom stereocenters. The standard InChI is InChI=1S/C22H26FN3O4.2CH2O2/c23-15-1-2-18-16(9-15)21(28)17(10-24-18)22(29)26-11-13-7-19(20(27)8-14(13)12-26)25-3-5-30-6-4-25;2*2-1-3/h1-2,9-10,13-14,19-20,27H,3-8,11-12H2,(H,24,28);2*1H,(H,2,3)/t13-,14+,19-,20-;;/m1../s1. The molecule has 5 rings (SSSR count). The highest BCUT2D eigenvalue weighted by Crippen LogP contribution is 2.38. The molecule has 2 aliphatic heterocycles. The Hall–Kier alpha value is -3.35. The summed E-state index contributed by atoms with van der Waals surface area (Å²) in [6.45, 7) is 3.64. The lowest BCUT2D eigenvalue weighted by molar-refractivity contribution is -0.123. The van der Waals surface area contributed by atoms with Crippen molar-refractivity contribution < 1.29 is 38.8 Å². The molecule has 36 heavy (non-hydrogen) atoms. The number of nitrogens with zero attached hydrogens (tertiary/aromatic N) is 2. The molecule has 3 aliphatic rings. The Kier molecular flexibility index (Phi) is 9.51. The van der Waals surface area contributed by atoms with Crippen LogP contribution >= 0.6 is 0 Å². The molecule has 4 N–H and O–H groups in total. The number of fused-ring (bicyclic) bond motifs is 2. The minimum Gasteiger partial charge on any atom is -0.483 e. The number of H-pyrrole nitrogens is 1. The van der Waals surface area contributed by atoms with E-state index in [1.54, 1.807) is 4.90 Å². The lowest BCUT2D eigenvalue weighted by Crippen LogP contribution is -2.53. The van der Waals surface area contributed by atoms with E-state index < -0.39 is 17.3 Å². The minimum atomic E-state index is -0.507. The number of rotatable bonds is 2. The molecule has 1 amide bonds. The zero-order valence-electron chi connectivity index (χ0n) is 19.6. The summed E-state index contributed by atoms with van der Waals surface area (Å²) in [4.78, 5) is 49.6. The van der Waals surface area contributed by atoms with Crippen LogP contribution in [0.4, 0.5) is 4.39 Å². The van der Waals surface area contributed by atoms with Crippen LogP contribution in [0.25, 0.3) is 10.9 Å². The van der Waals surface area contributed by atoms with E-state index in [0.29, 0.717) is 44.2 Å². The summed E-state index contributed by atoms with van der Waals surface area (Å²) in [7, 11) is 0. The van der Waals surface area contributed by atoms with Crippen molar-refractivity contribution >= 4 is 29.8 Å². The second-order valence-electron chi connectivity index (χ2n) is 8.92. The third-order valence-corrected chi connectivity index (χ3v) is 6.98. The van der Waals surface area contributed by atoms with Crippen molar-refractivity contribution in [2.75, 3.05) is 39.4 Å². The van der Waals surface area contributed by atoms with E-state index in [-0.39, 0.29) is 41.8 Å². The minimum absolute atomic E-state index is 0.0389. The molecule has 4 atom stereocenters. The molecule has 12 heteroatoms. The molecule has 1 aromatic carbocycles. The summed E-state index contributed by atoms with van der Waals surface area (Å²) in [6, 6.07) is 4.04. The number of ether oxygens (including phenoxy) is 1. The quantitative estimate of drug-likeness (QED) is 0.427. The third-order valence-electron chi connectivity index (χ3n) is 6.98. The van der Waals surface area contributed by atoms with Crippen molar-refractivity contribution in [1.29, 1.82) is 0 Å². The Morgan fingerprint density at radius 1 is 1.08 bits per heavy atom. The monoisotopic (exact) mass is 507 g/mol. The second kappa shape index (κ2) is 12.6. The molecule has 0 radical (unpaired) electrons. The van der Waals surface area contributed by atoms with E-state index in [4.69, 9.17) is 24.5 Å². The van der Waals surface area contributed by atoms with Gasteiger partial charge in [-0.3, -0.25) is 24.1 Å². The fourth-order valence-corrected chi connectivity index (χ4v) is 5.39. The molecule has 1 aliphatic carbocycles. The first-order valence-electron chi connectivity index (χ1n) is 11.6. The van der Waals surface area contributed by atoms with Gasteiger partial charge in [-0.05, 0) is 42.9 Å². The number of aromatic amines is 1. The number of hydrogen-bond acceptors (Lipinski definition) is 7. The predicted octanol–water partition coefficient (Wildman–Crippen LogP) is 0.613. The van der Waals surface area contributed by atoms with Crippen LogP contribution in [0.5, 0.6) is 0 Å². The number of halogens is 1. The molecule has 0 spiro atoms. The topological polar surface area (TPSA) is 160 Å². The highest BCUT2D eigenvalue weighted by molar-refractivity contribution is 5.97. The number of likely N-dealkylation sites (tertiary alicyclic amines) is 1. The lowest BCUT2D eigenvalue weighted by atomic mass is 9.77. The number of morpholine rings is 1. The van der Waals surface area contributed by atoms with Crippen LogP contribution < -0.4 is 5.43 Å². The van der Waals surface area contributed by atoms with Crippen LogP contribution in [0.15, 0.2) is 29.2 Å². The zero-order valence-corrected chi connectivity index (χ0v) is 19.6. The first-order valence-corrected chi connectivity index (χ1v) is 11.6. The largest absolute Gasteiger partial charge is 0.483 e. The number of hydrogen-bond donors (Lipinski definition) is 4. The molecule has 1 aromatic heterocycles. The molecular weight excluding hydrogens is 477 g/mol. The van der Waals surface area contributed by atoms with Gasteiger partial charge in [-0.1, -0.05) is 0 Å². The Bertz CT molecular complexity index is 1110. The van der Waals surface area contributed by atoms with Crippen LogP contribution in [-0.4, -0.2) is 100 Å². The predicted molar refractivity (Wildman–Crippen MR) is 126 cm³/mol. The average molecular weight is 508 g/mol. The van der Waals surface area contributed by atoms with E-state index in [1.807, 2.05) is 0 Å². The molecule has 3 fully saturated rings. The number of carboxylic acid groups (broad SMARTS) is 2. The summed E-state index contributed by atoms with van der Waals surface area (Å²) in [5.41, 5.74) is 0.0934. The maximum Gasteiger partial charge on any atom is 0.290 e. The SMILES string of the molecule is O=C(c1c[nH]c2ccc(F)cc2c1=O)N1C[C@H]2C[C@@H](N3CCOCC3)[C@H](O)C[C@H]2C1.O=CO.O=CO.